The molecule has 130 valence electrons. The van der Waals surface area contributed by atoms with E-state index in [4.69, 9.17) is 0 Å². The van der Waals surface area contributed by atoms with Gasteiger partial charge in [-0.25, -0.2) is 4.79 Å². The number of nitrogens with zero attached hydrogens (tertiary/aromatic N) is 2. The summed E-state index contributed by atoms with van der Waals surface area (Å²) < 4.78 is 1.89. The third-order valence-corrected chi connectivity index (χ3v) is 5.30. The summed E-state index contributed by atoms with van der Waals surface area (Å²) in [5.74, 6) is 0.632. The molecule has 0 aliphatic carbocycles. The van der Waals surface area contributed by atoms with Gasteiger partial charge in [-0.1, -0.05) is 36.4 Å². The van der Waals surface area contributed by atoms with Crippen molar-refractivity contribution < 1.29 is 4.79 Å². The Morgan fingerprint density at radius 1 is 1.04 bits per heavy atom. The maximum Gasteiger partial charge on any atom is 0.317 e. The molecule has 0 spiro atoms. The van der Waals surface area contributed by atoms with Crippen LogP contribution in [0.1, 0.15) is 23.6 Å². The second-order valence-electron chi connectivity index (χ2n) is 7.07. The van der Waals surface area contributed by atoms with Crippen LogP contribution >= 0.6 is 0 Å². The van der Waals surface area contributed by atoms with Gasteiger partial charge < -0.3 is 14.8 Å². The summed E-state index contributed by atoms with van der Waals surface area (Å²) in [5.41, 5.74) is 2.38. The van der Waals surface area contributed by atoms with E-state index in [1.807, 2.05) is 39.8 Å². The third kappa shape index (κ3) is 3.31. The number of hydrogen-bond acceptors (Lipinski definition) is 2. The molecule has 2 aromatic rings. The number of pyridine rings is 1. The van der Waals surface area contributed by atoms with Gasteiger partial charge in [-0.05, 0) is 30.4 Å². The number of piperidine rings is 1. The minimum atomic E-state index is 0.0114. The Labute approximate surface area is 147 Å². The van der Waals surface area contributed by atoms with Crippen molar-refractivity contribution in [2.24, 2.45) is 5.92 Å². The zero-order valence-electron chi connectivity index (χ0n) is 14.2. The van der Waals surface area contributed by atoms with E-state index in [9.17, 15) is 9.59 Å². The van der Waals surface area contributed by atoms with Gasteiger partial charge in [-0.2, -0.15) is 0 Å². The molecule has 2 amide bonds. The molecule has 1 aromatic heterocycles. The molecule has 5 nitrogen and oxygen atoms in total. The summed E-state index contributed by atoms with van der Waals surface area (Å²) in [4.78, 5) is 26.5. The maximum absolute atomic E-state index is 12.5. The van der Waals surface area contributed by atoms with Crippen LogP contribution in [0.15, 0.2) is 53.3 Å². The second-order valence-corrected chi connectivity index (χ2v) is 7.07. The van der Waals surface area contributed by atoms with Gasteiger partial charge in [0.1, 0.15) is 0 Å². The van der Waals surface area contributed by atoms with Crippen LogP contribution in [-0.4, -0.2) is 35.1 Å². The molecule has 2 aliphatic rings. The van der Waals surface area contributed by atoms with E-state index < -0.39 is 0 Å². The second kappa shape index (κ2) is 6.75. The summed E-state index contributed by atoms with van der Waals surface area (Å²) in [6.07, 6.45) is 1.91. The number of rotatable bonds is 3. The van der Waals surface area contributed by atoms with E-state index >= 15 is 0 Å². The molecule has 2 atom stereocenters. The first kappa shape index (κ1) is 15.9. The van der Waals surface area contributed by atoms with Crippen molar-refractivity contribution in [2.45, 2.75) is 25.3 Å². The highest BCUT2D eigenvalue weighted by Gasteiger charge is 2.36. The lowest BCUT2D eigenvalue weighted by atomic mass is 9.83. The lowest BCUT2D eigenvalue weighted by Crippen LogP contribution is -2.52. The summed E-state index contributed by atoms with van der Waals surface area (Å²) in [5, 5.41) is 3.04. The minimum absolute atomic E-state index is 0.0114. The highest BCUT2D eigenvalue weighted by Crippen LogP contribution is 2.34. The summed E-state index contributed by atoms with van der Waals surface area (Å²) >= 11 is 0. The molecule has 5 heteroatoms. The molecule has 1 fully saturated rings. The number of aromatic nitrogens is 1. The SMILES string of the molecule is O=C(NCCc1ccccc1)N1CC2CC(C1)c1cccc(=O)n1C2. The lowest BCUT2D eigenvalue weighted by molar-refractivity contribution is 0.131. The molecule has 25 heavy (non-hydrogen) atoms. The van der Waals surface area contributed by atoms with Gasteiger partial charge in [0.15, 0.2) is 0 Å². The number of carbonyl (C=O) groups is 1. The van der Waals surface area contributed by atoms with Gasteiger partial charge in [0.2, 0.25) is 0 Å². The first-order chi connectivity index (χ1) is 12.2. The number of likely N-dealkylation sites (tertiary alicyclic amines) is 1. The summed E-state index contributed by atoms with van der Waals surface area (Å²) in [7, 11) is 0. The molecule has 3 heterocycles. The summed E-state index contributed by atoms with van der Waals surface area (Å²) in [6.45, 7) is 2.79. The minimum Gasteiger partial charge on any atom is -0.338 e. The normalized spacial score (nSPS) is 21.5. The topological polar surface area (TPSA) is 54.3 Å². The van der Waals surface area contributed by atoms with Crippen LogP contribution in [0.4, 0.5) is 4.79 Å². The number of fused-ring (bicyclic) bond motifs is 4. The molecule has 4 rings (SSSR count). The van der Waals surface area contributed by atoms with Crippen LogP contribution in [0.25, 0.3) is 0 Å². The monoisotopic (exact) mass is 337 g/mol. The fourth-order valence-corrected chi connectivity index (χ4v) is 4.13. The summed E-state index contributed by atoms with van der Waals surface area (Å²) in [6, 6.07) is 15.7. The zero-order chi connectivity index (χ0) is 17.2. The lowest BCUT2D eigenvalue weighted by Gasteiger charge is -2.42. The van der Waals surface area contributed by atoms with Crippen molar-refractivity contribution >= 4 is 6.03 Å². The number of hydrogen-bond donors (Lipinski definition) is 1. The van der Waals surface area contributed by atoms with Gasteiger partial charge in [0.25, 0.3) is 5.56 Å². The van der Waals surface area contributed by atoms with Crippen LogP contribution in [0.5, 0.6) is 0 Å². The number of nitrogens with one attached hydrogen (secondary N) is 1. The number of carbonyl (C=O) groups excluding carboxylic acids is 1. The van der Waals surface area contributed by atoms with Crippen molar-refractivity contribution in [1.29, 1.82) is 0 Å². The van der Waals surface area contributed by atoms with Crippen LogP contribution in [-0.2, 0) is 13.0 Å². The van der Waals surface area contributed by atoms with E-state index in [0.29, 0.717) is 19.0 Å². The molecule has 2 unspecified atom stereocenters. The Morgan fingerprint density at radius 2 is 1.88 bits per heavy atom. The zero-order valence-corrected chi connectivity index (χ0v) is 14.2. The van der Waals surface area contributed by atoms with Crippen molar-refractivity contribution in [3.63, 3.8) is 0 Å². The standard InChI is InChI=1S/C20H23N3O2/c24-19-8-4-7-18-17-11-16(13-23(18)19)12-22(14-17)20(25)21-10-9-15-5-2-1-3-6-15/h1-8,16-17H,9-14H2,(H,21,25). The van der Waals surface area contributed by atoms with Crippen LogP contribution in [0.2, 0.25) is 0 Å². The maximum atomic E-state index is 12.5. The van der Waals surface area contributed by atoms with E-state index in [1.54, 1.807) is 6.07 Å². The predicted molar refractivity (Wildman–Crippen MR) is 96.7 cm³/mol. The van der Waals surface area contributed by atoms with Gasteiger partial charge >= 0.3 is 6.03 Å². The van der Waals surface area contributed by atoms with Crippen LogP contribution < -0.4 is 10.9 Å². The van der Waals surface area contributed by atoms with Crippen molar-refractivity contribution in [3.05, 3.63) is 70.1 Å². The van der Waals surface area contributed by atoms with Crippen molar-refractivity contribution in [2.75, 3.05) is 19.6 Å². The average molecular weight is 337 g/mol. The third-order valence-electron chi connectivity index (χ3n) is 5.30. The van der Waals surface area contributed by atoms with Gasteiger partial charge in [0.05, 0.1) is 0 Å². The smallest absolute Gasteiger partial charge is 0.317 e. The highest BCUT2D eigenvalue weighted by molar-refractivity contribution is 5.74. The Kier molecular flexibility index (Phi) is 4.30. The molecule has 2 bridgehead atoms. The Hall–Kier alpha value is -2.56. The Bertz CT molecular complexity index is 815. The molecule has 1 N–H and O–H groups in total. The van der Waals surface area contributed by atoms with E-state index in [2.05, 4.69) is 17.4 Å². The Balaban J connectivity index is 1.38. The van der Waals surface area contributed by atoms with Crippen LogP contribution in [0.3, 0.4) is 0 Å². The number of benzene rings is 1. The number of urea groups is 1. The van der Waals surface area contributed by atoms with Gasteiger partial charge in [-0.15, -0.1) is 0 Å². The largest absolute Gasteiger partial charge is 0.338 e. The molecular formula is C20H23N3O2. The fraction of sp³-hybridized carbons (Fsp3) is 0.400. The van der Waals surface area contributed by atoms with Gasteiger partial charge in [0, 0.05) is 43.9 Å². The first-order valence-electron chi connectivity index (χ1n) is 8.97. The average Bonchev–Trinajstić information content (AvgIpc) is 2.63. The van der Waals surface area contributed by atoms with E-state index in [0.717, 1.165) is 31.6 Å². The first-order valence-corrected chi connectivity index (χ1v) is 8.97. The molecule has 2 aliphatic heterocycles. The fourth-order valence-electron chi connectivity index (χ4n) is 4.13. The predicted octanol–water partition coefficient (Wildman–Crippen LogP) is 2.22. The molecule has 0 saturated carbocycles. The number of amides is 2. The molecule has 1 aromatic carbocycles. The van der Waals surface area contributed by atoms with Crippen molar-refractivity contribution in [3.8, 4) is 0 Å². The molecular weight excluding hydrogens is 314 g/mol. The van der Waals surface area contributed by atoms with Gasteiger partial charge in [-0.3, -0.25) is 4.79 Å². The highest BCUT2D eigenvalue weighted by atomic mass is 16.2. The van der Waals surface area contributed by atoms with Crippen molar-refractivity contribution in [1.82, 2.24) is 14.8 Å². The van der Waals surface area contributed by atoms with Crippen LogP contribution in [0, 0.1) is 5.92 Å². The molecule has 0 radical (unpaired) electrons. The quantitative estimate of drug-likeness (QED) is 0.934. The van der Waals surface area contributed by atoms with E-state index in [-0.39, 0.29) is 17.5 Å². The Morgan fingerprint density at radius 3 is 2.72 bits per heavy atom. The molecule has 1 saturated heterocycles. The van der Waals surface area contributed by atoms with E-state index in [1.165, 1.54) is 5.56 Å².